The van der Waals surface area contributed by atoms with Crippen molar-refractivity contribution in [3.63, 3.8) is 0 Å². The molecule has 3 rings (SSSR count). The lowest BCUT2D eigenvalue weighted by atomic mass is 9.98. The van der Waals surface area contributed by atoms with Crippen LogP contribution in [0.2, 0.25) is 0 Å². The molecule has 1 saturated heterocycles. The molecule has 0 bridgehead atoms. The minimum atomic E-state index is -0.294. The summed E-state index contributed by atoms with van der Waals surface area (Å²) < 4.78 is 5.53. The summed E-state index contributed by atoms with van der Waals surface area (Å²) in [7, 11) is 0. The van der Waals surface area contributed by atoms with Crippen LogP contribution in [0.15, 0.2) is 18.2 Å². The first-order valence-electron chi connectivity index (χ1n) is 8.26. The molecule has 2 aliphatic rings. The van der Waals surface area contributed by atoms with Crippen LogP contribution in [0.1, 0.15) is 37.4 Å². The van der Waals surface area contributed by atoms with Crippen molar-refractivity contribution in [2.24, 2.45) is 5.92 Å². The fraction of sp³-hybridized carbons (Fsp3) is 0.588. The Hall–Kier alpha value is -1.63. The van der Waals surface area contributed by atoms with Gasteiger partial charge in [-0.2, -0.15) is 0 Å². The molecule has 1 fully saturated rings. The van der Waals surface area contributed by atoms with Gasteiger partial charge in [0.25, 0.3) is 0 Å². The molecular formula is C17H25N3O3. The van der Waals surface area contributed by atoms with Gasteiger partial charge in [-0.3, -0.25) is 4.79 Å². The maximum Gasteiger partial charge on any atom is 0.238 e. The summed E-state index contributed by atoms with van der Waals surface area (Å²) in [6.07, 6.45) is 1.63. The SMILES string of the molecule is CC(C)[C@@H](CO)NC(=O)C1CC(c2ccc3c(c2)CCO3)NN1. The molecule has 1 aromatic rings. The largest absolute Gasteiger partial charge is 0.493 e. The Morgan fingerprint density at radius 2 is 2.26 bits per heavy atom. The van der Waals surface area contributed by atoms with Gasteiger partial charge >= 0.3 is 0 Å². The number of fused-ring (bicyclic) bond motifs is 1. The third-order valence-electron chi connectivity index (χ3n) is 4.66. The summed E-state index contributed by atoms with van der Waals surface area (Å²) >= 11 is 0. The topological polar surface area (TPSA) is 82.6 Å². The van der Waals surface area contributed by atoms with Crippen LogP contribution in [-0.2, 0) is 11.2 Å². The minimum Gasteiger partial charge on any atom is -0.493 e. The number of ether oxygens (including phenoxy) is 1. The van der Waals surface area contributed by atoms with E-state index in [0.717, 1.165) is 18.8 Å². The molecule has 0 aliphatic carbocycles. The van der Waals surface area contributed by atoms with E-state index >= 15 is 0 Å². The fourth-order valence-electron chi connectivity index (χ4n) is 3.08. The fourth-order valence-corrected chi connectivity index (χ4v) is 3.08. The van der Waals surface area contributed by atoms with Crippen LogP contribution in [0.25, 0.3) is 0 Å². The highest BCUT2D eigenvalue weighted by Crippen LogP contribution is 2.30. The Kier molecular flexibility index (Phi) is 4.84. The van der Waals surface area contributed by atoms with Gasteiger partial charge in [0.15, 0.2) is 0 Å². The van der Waals surface area contributed by atoms with Crippen molar-refractivity contribution in [2.45, 2.75) is 44.8 Å². The number of amides is 1. The molecule has 126 valence electrons. The Labute approximate surface area is 136 Å². The lowest BCUT2D eigenvalue weighted by molar-refractivity contribution is -0.124. The molecule has 3 atom stereocenters. The summed E-state index contributed by atoms with van der Waals surface area (Å²) in [5.74, 6) is 1.10. The molecule has 2 heterocycles. The maximum absolute atomic E-state index is 12.3. The van der Waals surface area contributed by atoms with Crippen molar-refractivity contribution in [1.82, 2.24) is 16.2 Å². The van der Waals surface area contributed by atoms with Crippen LogP contribution in [-0.4, -0.2) is 36.3 Å². The Morgan fingerprint density at radius 1 is 1.43 bits per heavy atom. The molecule has 2 unspecified atom stereocenters. The highest BCUT2D eigenvalue weighted by Gasteiger charge is 2.32. The van der Waals surface area contributed by atoms with Crippen molar-refractivity contribution in [1.29, 1.82) is 0 Å². The van der Waals surface area contributed by atoms with Crippen molar-refractivity contribution in [3.05, 3.63) is 29.3 Å². The van der Waals surface area contributed by atoms with Crippen molar-refractivity contribution >= 4 is 5.91 Å². The zero-order valence-electron chi connectivity index (χ0n) is 13.6. The summed E-state index contributed by atoms with van der Waals surface area (Å²) in [5, 5.41) is 12.3. The second-order valence-corrected chi connectivity index (χ2v) is 6.64. The van der Waals surface area contributed by atoms with Gasteiger partial charge in [-0.05, 0) is 29.5 Å². The van der Waals surface area contributed by atoms with E-state index in [9.17, 15) is 9.90 Å². The van der Waals surface area contributed by atoms with Crippen LogP contribution in [0.4, 0.5) is 0 Å². The molecule has 0 radical (unpaired) electrons. The average molecular weight is 319 g/mol. The van der Waals surface area contributed by atoms with Crippen molar-refractivity contribution < 1.29 is 14.6 Å². The molecule has 4 N–H and O–H groups in total. The Morgan fingerprint density at radius 3 is 3.00 bits per heavy atom. The van der Waals surface area contributed by atoms with Crippen LogP contribution in [0.3, 0.4) is 0 Å². The predicted octanol–water partition coefficient (Wildman–Crippen LogP) is 0.662. The molecule has 23 heavy (non-hydrogen) atoms. The van der Waals surface area contributed by atoms with Crippen LogP contribution >= 0.6 is 0 Å². The van der Waals surface area contributed by atoms with Crippen LogP contribution < -0.4 is 20.9 Å². The van der Waals surface area contributed by atoms with E-state index in [1.165, 1.54) is 11.1 Å². The number of hydrogen-bond donors (Lipinski definition) is 4. The molecule has 1 aromatic carbocycles. The maximum atomic E-state index is 12.3. The zero-order chi connectivity index (χ0) is 16.4. The number of benzene rings is 1. The summed E-state index contributed by atoms with van der Waals surface area (Å²) in [4.78, 5) is 12.3. The molecule has 0 spiro atoms. The highest BCUT2D eigenvalue weighted by molar-refractivity contribution is 5.82. The van der Waals surface area contributed by atoms with Gasteiger partial charge in [-0.15, -0.1) is 0 Å². The quantitative estimate of drug-likeness (QED) is 0.641. The van der Waals surface area contributed by atoms with E-state index in [1.54, 1.807) is 0 Å². The number of aliphatic hydroxyl groups excluding tert-OH is 1. The van der Waals surface area contributed by atoms with E-state index in [0.29, 0.717) is 6.42 Å². The molecule has 0 saturated carbocycles. The molecule has 1 amide bonds. The van der Waals surface area contributed by atoms with E-state index in [-0.39, 0.29) is 36.6 Å². The van der Waals surface area contributed by atoms with E-state index in [4.69, 9.17) is 4.74 Å². The van der Waals surface area contributed by atoms with Gasteiger partial charge in [0.1, 0.15) is 11.8 Å². The molecule has 2 aliphatic heterocycles. The van der Waals surface area contributed by atoms with Gasteiger partial charge in [-0.25, -0.2) is 10.9 Å². The first kappa shape index (κ1) is 16.2. The lowest BCUT2D eigenvalue weighted by Gasteiger charge is -2.21. The van der Waals surface area contributed by atoms with E-state index < -0.39 is 0 Å². The molecule has 6 nitrogen and oxygen atoms in total. The first-order chi connectivity index (χ1) is 11.1. The van der Waals surface area contributed by atoms with Crippen LogP contribution in [0.5, 0.6) is 5.75 Å². The molecule has 0 aromatic heterocycles. The number of carbonyl (C=O) groups is 1. The van der Waals surface area contributed by atoms with Crippen molar-refractivity contribution in [2.75, 3.05) is 13.2 Å². The number of nitrogens with one attached hydrogen (secondary N) is 3. The summed E-state index contributed by atoms with van der Waals surface area (Å²) in [5.41, 5.74) is 8.67. The normalized spacial score (nSPS) is 24.3. The first-order valence-corrected chi connectivity index (χ1v) is 8.26. The summed E-state index contributed by atoms with van der Waals surface area (Å²) in [6.45, 7) is 4.67. The summed E-state index contributed by atoms with van der Waals surface area (Å²) in [6, 6.07) is 5.81. The predicted molar refractivity (Wildman–Crippen MR) is 86.9 cm³/mol. The number of carbonyl (C=O) groups excluding carboxylic acids is 1. The monoisotopic (exact) mass is 319 g/mol. The third kappa shape index (κ3) is 3.49. The van der Waals surface area contributed by atoms with Gasteiger partial charge in [0, 0.05) is 12.5 Å². The second-order valence-electron chi connectivity index (χ2n) is 6.64. The smallest absolute Gasteiger partial charge is 0.238 e. The minimum absolute atomic E-state index is 0.0438. The second kappa shape index (κ2) is 6.86. The van der Waals surface area contributed by atoms with Crippen LogP contribution in [0, 0.1) is 5.92 Å². The number of hydrazine groups is 1. The van der Waals surface area contributed by atoms with Gasteiger partial charge in [-0.1, -0.05) is 26.0 Å². The van der Waals surface area contributed by atoms with Gasteiger partial charge in [0.05, 0.1) is 19.3 Å². The number of hydrogen-bond acceptors (Lipinski definition) is 5. The highest BCUT2D eigenvalue weighted by atomic mass is 16.5. The van der Waals surface area contributed by atoms with E-state index in [1.807, 2.05) is 19.9 Å². The Balaban J connectivity index is 1.61. The number of rotatable bonds is 5. The van der Waals surface area contributed by atoms with Crippen molar-refractivity contribution in [3.8, 4) is 5.75 Å². The number of aliphatic hydroxyl groups is 1. The Bertz CT molecular complexity index is 576. The molecular weight excluding hydrogens is 294 g/mol. The molecule has 6 heteroatoms. The standard InChI is InChI=1S/C17H25N3O3/c1-10(2)15(9-21)18-17(22)14-8-13(19-20-14)11-3-4-16-12(7-11)5-6-23-16/h3-4,7,10,13-15,19-21H,5-6,8-9H2,1-2H3,(H,18,22)/t13?,14?,15-/m1/s1. The van der Waals surface area contributed by atoms with E-state index in [2.05, 4.69) is 28.3 Å². The van der Waals surface area contributed by atoms with Gasteiger partial charge in [0.2, 0.25) is 5.91 Å². The van der Waals surface area contributed by atoms with Gasteiger partial charge < -0.3 is 15.2 Å². The zero-order valence-corrected chi connectivity index (χ0v) is 13.6. The average Bonchev–Trinajstić information content (AvgIpc) is 3.19. The third-order valence-corrected chi connectivity index (χ3v) is 4.66. The lowest BCUT2D eigenvalue weighted by Crippen LogP contribution is -2.49.